The first-order chi connectivity index (χ1) is 9.15. The van der Waals surface area contributed by atoms with Crippen LogP contribution in [0.5, 0.6) is 0 Å². The Bertz CT molecular complexity index is 581. The van der Waals surface area contributed by atoms with Crippen LogP contribution >= 0.6 is 11.3 Å². The standard InChI is InChI=1S/C15H17NO2S/c1-10-8-14(11(2)18-10)15(17)16(12-5-6-12)9-13-4-3-7-19-13/h3-4,7-8,12H,5-6,9H2,1-2H3. The molecule has 0 aliphatic heterocycles. The van der Waals surface area contributed by atoms with E-state index in [4.69, 9.17) is 4.42 Å². The lowest BCUT2D eigenvalue weighted by atomic mass is 10.2. The summed E-state index contributed by atoms with van der Waals surface area (Å²) in [6.45, 7) is 4.45. The molecule has 0 spiro atoms. The molecule has 1 aliphatic rings. The fraction of sp³-hybridized carbons (Fsp3) is 0.400. The molecule has 19 heavy (non-hydrogen) atoms. The first-order valence-corrected chi connectivity index (χ1v) is 7.43. The van der Waals surface area contributed by atoms with Crippen molar-refractivity contribution >= 4 is 17.2 Å². The van der Waals surface area contributed by atoms with Crippen molar-refractivity contribution in [2.45, 2.75) is 39.3 Å². The SMILES string of the molecule is Cc1cc(C(=O)N(Cc2cccs2)C2CC2)c(C)o1. The van der Waals surface area contributed by atoms with Crippen LogP contribution in [0.15, 0.2) is 28.0 Å². The molecule has 0 radical (unpaired) electrons. The van der Waals surface area contributed by atoms with Gasteiger partial charge in [0.05, 0.1) is 12.1 Å². The van der Waals surface area contributed by atoms with Gasteiger partial charge in [-0.1, -0.05) is 6.07 Å². The summed E-state index contributed by atoms with van der Waals surface area (Å²) >= 11 is 1.70. The quantitative estimate of drug-likeness (QED) is 0.851. The van der Waals surface area contributed by atoms with Crippen LogP contribution in [0.4, 0.5) is 0 Å². The number of rotatable bonds is 4. The maximum Gasteiger partial charge on any atom is 0.257 e. The molecule has 2 aromatic rings. The molecular formula is C15H17NO2S. The summed E-state index contributed by atoms with van der Waals surface area (Å²) in [5, 5.41) is 2.05. The molecule has 0 atom stereocenters. The molecule has 2 aromatic heterocycles. The Morgan fingerprint density at radius 1 is 1.47 bits per heavy atom. The number of carbonyl (C=O) groups excluding carboxylic acids is 1. The van der Waals surface area contributed by atoms with E-state index in [0.29, 0.717) is 18.2 Å². The van der Waals surface area contributed by atoms with Crippen LogP contribution < -0.4 is 0 Å². The van der Waals surface area contributed by atoms with Crippen LogP contribution in [0.1, 0.15) is 39.6 Å². The van der Waals surface area contributed by atoms with Crippen molar-refractivity contribution in [2.24, 2.45) is 0 Å². The predicted octanol–water partition coefficient (Wildman–Crippen LogP) is 3.76. The highest BCUT2D eigenvalue weighted by atomic mass is 32.1. The Morgan fingerprint density at radius 2 is 2.26 bits per heavy atom. The number of amides is 1. The number of hydrogen-bond donors (Lipinski definition) is 0. The van der Waals surface area contributed by atoms with Gasteiger partial charge in [-0.15, -0.1) is 11.3 Å². The predicted molar refractivity (Wildman–Crippen MR) is 75.4 cm³/mol. The highest BCUT2D eigenvalue weighted by Gasteiger charge is 2.34. The van der Waals surface area contributed by atoms with E-state index in [2.05, 4.69) is 11.4 Å². The van der Waals surface area contributed by atoms with E-state index < -0.39 is 0 Å². The van der Waals surface area contributed by atoms with Crippen LogP contribution in [0.25, 0.3) is 0 Å². The molecular weight excluding hydrogens is 258 g/mol. The van der Waals surface area contributed by atoms with Crippen molar-refractivity contribution in [3.05, 3.63) is 45.5 Å². The van der Waals surface area contributed by atoms with Gasteiger partial charge in [0, 0.05) is 10.9 Å². The number of hydrogen-bond acceptors (Lipinski definition) is 3. The van der Waals surface area contributed by atoms with Gasteiger partial charge in [-0.05, 0) is 44.2 Å². The maximum atomic E-state index is 12.7. The maximum absolute atomic E-state index is 12.7. The van der Waals surface area contributed by atoms with E-state index in [-0.39, 0.29) is 5.91 Å². The highest BCUT2D eigenvalue weighted by molar-refractivity contribution is 7.09. The third kappa shape index (κ3) is 2.59. The van der Waals surface area contributed by atoms with Gasteiger partial charge in [0.15, 0.2) is 0 Å². The van der Waals surface area contributed by atoms with Gasteiger partial charge >= 0.3 is 0 Å². The second-order valence-corrected chi connectivity index (χ2v) is 6.10. The van der Waals surface area contributed by atoms with Gasteiger partial charge in [-0.25, -0.2) is 0 Å². The van der Waals surface area contributed by atoms with Crippen molar-refractivity contribution in [2.75, 3.05) is 0 Å². The lowest BCUT2D eigenvalue weighted by Gasteiger charge is -2.21. The summed E-state index contributed by atoms with van der Waals surface area (Å²) in [5.74, 6) is 1.62. The largest absolute Gasteiger partial charge is 0.466 e. The number of carbonyl (C=O) groups is 1. The Hall–Kier alpha value is -1.55. The molecule has 0 N–H and O–H groups in total. The van der Waals surface area contributed by atoms with E-state index >= 15 is 0 Å². The van der Waals surface area contributed by atoms with E-state index in [1.807, 2.05) is 30.9 Å². The monoisotopic (exact) mass is 275 g/mol. The zero-order valence-electron chi connectivity index (χ0n) is 11.2. The van der Waals surface area contributed by atoms with Crippen LogP contribution in [-0.2, 0) is 6.54 Å². The molecule has 3 nitrogen and oxygen atoms in total. The van der Waals surface area contributed by atoms with E-state index in [0.717, 1.165) is 24.4 Å². The lowest BCUT2D eigenvalue weighted by Crippen LogP contribution is -2.32. The molecule has 100 valence electrons. The summed E-state index contributed by atoms with van der Waals surface area (Å²) in [4.78, 5) is 15.9. The van der Waals surface area contributed by atoms with Crippen LogP contribution in [0.3, 0.4) is 0 Å². The van der Waals surface area contributed by atoms with Gasteiger partial charge in [0.25, 0.3) is 5.91 Å². The molecule has 2 heterocycles. The second kappa shape index (κ2) is 4.85. The molecule has 0 aromatic carbocycles. The van der Waals surface area contributed by atoms with Crippen LogP contribution in [0.2, 0.25) is 0 Å². The Labute approximate surface area is 116 Å². The van der Waals surface area contributed by atoms with Crippen molar-refractivity contribution in [1.82, 2.24) is 4.90 Å². The third-order valence-electron chi connectivity index (χ3n) is 3.43. The molecule has 1 aliphatic carbocycles. The number of furan rings is 1. The summed E-state index contributed by atoms with van der Waals surface area (Å²) < 4.78 is 5.48. The molecule has 1 fully saturated rings. The minimum absolute atomic E-state index is 0.102. The topological polar surface area (TPSA) is 33.5 Å². The Morgan fingerprint density at radius 3 is 2.79 bits per heavy atom. The average Bonchev–Trinajstić information content (AvgIpc) is 2.97. The third-order valence-corrected chi connectivity index (χ3v) is 4.29. The smallest absolute Gasteiger partial charge is 0.257 e. The average molecular weight is 275 g/mol. The zero-order valence-corrected chi connectivity index (χ0v) is 12.0. The number of aryl methyl sites for hydroxylation is 2. The molecule has 3 rings (SSSR count). The van der Waals surface area contributed by atoms with Crippen molar-refractivity contribution in [1.29, 1.82) is 0 Å². The minimum Gasteiger partial charge on any atom is -0.466 e. The lowest BCUT2D eigenvalue weighted by molar-refractivity contribution is 0.0730. The van der Waals surface area contributed by atoms with E-state index in [9.17, 15) is 4.79 Å². The molecule has 1 amide bonds. The van der Waals surface area contributed by atoms with E-state index in [1.54, 1.807) is 11.3 Å². The zero-order chi connectivity index (χ0) is 13.4. The number of thiophene rings is 1. The highest BCUT2D eigenvalue weighted by Crippen LogP contribution is 2.31. The summed E-state index contributed by atoms with van der Waals surface area (Å²) in [6.07, 6.45) is 2.24. The summed E-state index contributed by atoms with van der Waals surface area (Å²) in [6, 6.07) is 6.37. The van der Waals surface area contributed by atoms with Gasteiger partial charge < -0.3 is 9.32 Å². The van der Waals surface area contributed by atoms with Crippen molar-refractivity contribution in [3.63, 3.8) is 0 Å². The van der Waals surface area contributed by atoms with Crippen molar-refractivity contribution < 1.29 is 9.21 Å². The molecule has 0 bridgehead atoms. The van der Waals surface area contributed by atoms with Gasteiger partial charge in [-0.2, -0.15) is 0 Å². The second-order valence-electron chi connectivity index (χ2n) is 5.07. The van der Waals surface area contributed by atoms with Crippen molar-refractivity contribution in [3.8, 4) is 0 Å². The van der Waals surface area contributed by atoms with Crippen LogP contribution in [-0.4, -0.2) is 16.8 Å². The molecule has 4 heteroatoms. The normalized spacial score (nSPS) is 14.6. The molecule has 0 unspecified atom stereocenters. The Kier molecular flexibility index (Phi) is 3.19. The van der Waals surface area contributed by atoms with Gasteiger partial charge in [0.2, 0.25) is 0 Å². The minimum atomic E-state index is 0.102. The van der Waals surface area contributed by atoms with Gasteiger partial charge in [-0.3, -0.25) is 4.79 Å². The number of nitrogens with zero attached hydrogens (tertiary/aromatic N) is 1. The summed E-state index contributed by atoms with van der Waals surface area (Å²) in [5.41, 5.74) is 0.709. The van der Waals surface area contributed by atoms with Crippen LogP contribution in [0, 0.1) is 13.8 Å². The first-order valence-electron chi connectivity index (χ1n) is 6.55. The van der Waals surface area contributed by atoms with Gasteiger partial charge in [0.1, 0.15) is 11.5 Å². The fourth-order valence-corrected chi connectivity index (χ4v) is 3.02. The Balaban J connectivity index is 1.84. The molecule has 1 saturated carbocycles. The first kappa shape index (κ1) is 12.5. The fourth-order valence-electron chi connectivity index (χ4n) is 2.32. The van der Waals surface area contributed by atoms with E-state index in [1.165, 1.54) is 4.88 Å². The summed E-state index contributed by atoms with van der Waals surface area (Å²) in [7, 11) is 0. The molecule has 0 saturated heterocycles.